The Bertz CT molecular complexity index is 384. The lowest BCUT2D eigenvalue weighted by atomic mass is 9.88. The third kappa shape index (κ3) is 2.27. The Morgan fingerprint density at radius 3 is 2.87 bits per heavy atom. The predicted octanol–water partition coefficient (Wildman–Crippen LogP) is 1.85. The monoisotopic (exact) mass is 201 g/mol. The molecule has 1 aliphatic carbocycles. The first-order chi connectivity index (χ1) is 7.29. The highest BCUT2D eigenvalue weighted by Crippen LogP contribution is 2.20. The van der Waals surface area contributed by atoms with Crippen LogP contribution in [0, 0.1) is 0 Å². The number of hydrogen-bond acceptors (Lipinski definition) is 1. The molecule has 1 N–H and O–H groups in total. The van der Waals surface area contributed by atoms with E-state index in [1.54, 1.807) is 0 Å². The first-order valence-corrected chi connectivity index (χ1v) is 5.29. The minimum atomic E-state index is -0.0700. The SMILES string of the molecule is C=CC(=O)NC1CCc2ccccc2C1. The number of rotatable bonds is 2. The zero-order chi connectivity index (χ0) is 10.7. The number of carbonyl (C=O) groups excluding carboxylic acids is 1. The van der Waals surface area contributed by atoms with Crippen LogP contribution in [0.25, 0.3) is 0 Å². The van der Waals surface area contributed by atoms with Gasteiger partial charge >= 0.3 is 0 Å². The second kappa shape index (κ2) is 4.30. The normalized spacial score (nSPS) is 19.1. The number of hydrogen-bond donors (Lipinski definition) is 1. The van der Waals surface area contributed by atoms with Gasteiger partial charge in [-0.3, -0.25) is 4.79 Å². The summed E-state index contributed by atoms with van der Waals surface area (Å²) < 4.78 is 0. The number of carbonyl (C=O) groups is 1. The second-order valence-electron chi connectivity index (χ2n) is 3.92. The molecule has 2 nitrogen and oxygen atoms in total. The van der Waals surface area contributed by atoms with E-state index < -0.39 is 0 Å². The number of amides is 1. The number of benzene rings is 1. The Labute approximate surface area is 90.0 Å². The van der Waals surface area contributed by atoms with E-state index in [2.05, 4.69) is 36.2 Å². The van der Waals surface area contributed by atoms with Gasteiger partial charge in [0.15, 0.2) is 0 Å². The largest absolute Gasteiger partial charge is 0.349 e. The minimum Gasteiger partial charge on any atom is -0.349 e. The molecule has 2 heteroatoms. The van der Waals surface area contributed by atoms with Gasteiger partial charge in [-0.15, -0.1) is 0 Å². The summed E-state index contributed by atoms with van der Waals surface area (Å²) in [5.74, 6) is -0.0700. The van der Waals surface area contributed by atoms with E-state index in [9.17, 15) is 4.79 Å². The molecule has 2 rings (SSSR count). The van der Waals surface area contributed by atoms with Crippen molar-refractivity contribution in [2.24, 2.45) is 0 Å². The number of aryl methyl sites for hydroxylation is 1. The Kier molecular flexibility index (Phi) is 2.86. The molecule has 1 unspecified atom stereocenters. The van der Waals surface area contributed by atoms with E-state index in [4.69, 9.17) is 0 Å². The molecule has 0 fully saturated rings. The highest BCUT2D eigenvalue weighted by atomic mass is 16.1. The zero-order valence-electron chi connectivity index (χ0n) is 8.70. The van der Waals surface area contributed by atoms with Crippen LogP contribution in [0.15, 0.2) is 36.9 Å². The summed E-state index contributed by atoms with van der Waals surface area (Å²) >= 11 is 0. The molecule has 1 aliphatic rings. The van der Waals surface area contributed by atoms with E-state index in [0.717, 1.165) is 19.3 Å². The van der Waals surface area contributed by atoms with Gasteiger partial charge in [0.25, 0.3) is 0 Å². The first-order valence-electron chi connectivity index (χ1n) is 5.29. The summed E-state index contributed by atoms with van der Waals surface area (Å²) in [6.07, 6.45) is 4.35. The summed E-state index contributed by atoms with van der Waals surface area (Å²) in [6, 6.07) is 8.70. The van der Waals surface area contributed by atoms with E-state index in [-0.39, 0.29) is 11.9 Å². The molecule has 1 aromatic rings. The summed E-state index contributed by atoms with van der Waals surface area (Å²) in [5, 5.41) is 2.95. The minimum absolute atomic E-state index is 0.0700. The molecule has 0 aromatic heterocycles. The maximum atomic E-state index is 11.2. The van der Waals surface area contributed by atoms with Crippen molar-refractivity contribution in [1.82, 2.24) is 5.32 Å². The highest BCUT2D eigenvalue weighted by molar-refractivity contribution is 5.87. The van der Waals surface area contributed by atoms with Crippen LogP contribution in [0.3, 0.4) is 0 Å². The molecule has 0 aliphatic heterocycles. The van der Waals surface area contributed by atoms with Gasteiger partial charge in [0.05, 0.1) is 0 Å². The molecule has 0 saturated carbocycles. The van der Waals surface area contributed by atoms with E-state index >= 15 is 0 Å². The lowest BCUT2D eigenvalue weighted by Crippen LogP contribution is -2.37. The van der Waals surface area contributed by atoms with Gasteiger partial charge in [0.2, 0.25) is 5.91 Å². The van der Waals surface area contributed by atoms with Crippen molar-refractivity contribution in [3.63, 3.8) is 0 Å². The summed E-state index contributed by atoms with van der Waals surface area (Å²) in [6.45, 7) is 3.46. The predicted molar refractivity (Wildman–Crippen MR) is 60.6 cm³/mol. The van der Waals surface area contributed by atoms with Crippen LogP contribution < -0.4 is 5.32 Å². The molecule has 1 aromatic carbocycles. The van der Waals surface area contributed by atoms with Crippen molar-refractivity contribution in [3.05, 3.63) is 48.0 Å². The number of fused-ring (bicyclic) bond motifs is 1. The molecule has 1 atom stereocenters. The molecule has 0 bridgehead atoms. The quantitative estimate of drug-likeness (QED) is 0.727. The topological polar surface area (TPSA) is 29.1 Å². The summed E-state index contributed by atoms with van der Waals surface area (Å²) in [4.78, 5) is 11.2. The van der Waals surface area contributed by atoms with Crippen molar-refractivity contribution >= 4 is 5.91 Å². The van der Waals surface area contributed by atoms with Crippen LogP contribution in [0.1, 0.15) is 17.5 Å². The van der Waals surface area contributed by atoms with E-state index in [1.807, 2.05) is 0 Å². The van der Waals surface area contributed by atoms with Crippen LogP contribution >= 0.6 is 0 Å². The molecular formula is C13H15NO. The van der Waals surface area contributed by atoms with Gasteiger partial charge in [-0.05, 0) is 36.5 Å². The van der Waals surface area contributed by atoms with Crippen molar-refractivity contribution in [1.29, 1.82) is 0 Å². The fraction of sp³-hybridized carbons (Fsp3) is 0.308. The van der Waals surface area contributed by atoms with Gasteiger partial charge in [0, 0.05) is 6.04 Å². The zero-order valence-corrected chi connectivity index (χ0v) is 8.70. The molecule has 0 saturated heterocycles. The second-order valence-corrected chi connectivity index (χ2v) is 3.92. The Morgan fingerprint density at radius 2 is 2.13 bits per heavy atom. The molecular weight excluding hydrogens is 186 g/mol. The maximum absolute atomic E-state index is 11.2. The van der Waals surface area contributed by atoms with Crippen molar-refractivity contribution < 1.29 is 4.79 Å². The molecule has 0 heterocycles. The van der Waals surface area contributed by atoms with Gasteiger partial charge in [-0.1, -0.05) is 30.8 Å². The van der Waals surface area contributed by atoms with Gasteiger partial charge in [-0.2, -0.15) is 0 Å². The van der Waals surface area contributed by atoms with Crippen molar-refractivity contribution in [3.8, 4) is 0 Å². The Balaban J connectivity index is 2.05. The average molecular weight is 201 g/mol. The Hall–Kier alpha value is -1.57. The average Bonchev–Trinajstić information content (AvgIpc) is 2.29. The van der Waals surface area contributed by atoms with Crippen molar-refractivity contribution in [2.45, 2.75) is 25.3 Å². The molecule has 1 amide bonds. The number of nitrogens with one attached hydrogen (secondary N) is 1. The first kappa shape index (κ1) is 9.97. The van der Waals surface area contributed by atoms with Gasteiger partial charge in [0.1, 0.15) is 0 Å². The summed E-state index contributed by atoms with van der Waals surface area (Å²) in [7, 11) is 0. The summed E-state index contributed by atoms with van der Waals surface area (Å²) in [5.41, 5.74) is 2.78. The smallest absolute Gasteiger partial charge is 0.243 e. The lowest BCUT2D eigenvalue weighted by Gasteiger charge is -2.24. The molecule has 15 heavy (non-hydrogen) atoms. The third-order valence-electron chi connectivity index (χ3n) is 2.88. The van der Waals surface area contributed by atoms with Gasteiger partial charge < -0.3 is 5.32 Å². The van der Waals surface area contributed by atoms with E-state index in [0.29, 0.717) is 0 Å². The van der Waals surface area contributed by atoms with Crippen molar-refractivity contribution in [2.75, 3.05) is 0 Å². The van der Waals surface area contributed by atoms with Crippen LogP contribution in [0.5, 0.6) is 0 Å². The van der Waals surface area contributed by atoms with Crippen LogP contribution in [-0.4, -0.2) is 11.9 Å². The van der Waals surface area contributed by atoms with Crippen LogP contribution in [0.2, 0.25) is 0 Å². The fourth-order valence-electron chi connectivity index (χ4n) is 2.08. The lowest BCUT2D eigenvalue weighted by molar-refractivity contribution is -0.117. The molecule has 0 spiro atoms. The molecule has 78 valence electrons. The van der Waals surface area contributed by atoms with Gasteiger partial charge in [-0.25, -0.2) is 0 Å². The molecule has 0 radical (unpaired) electrons. The maximum Gasteiger partial charge on any atom is 0.243 e. The standard InChI is InChI=1S/C13H15NO/c1-2-13(15)14-12-8-7-10-5-3-4-6-11(10)9-12/h2-6,12H,1,7-9H2,(H,14,15). The van der Waals surface area contributed by atoms with E-state index in [1.165, 1.54) is 17.2 Å². The third-order valence-corrected chi connectivity index (χ3v) is 2.88. The Morgan fingerprint density at radius 1 is 1.40 bits per heavy atom. The van der Waals surface area contributed by atoms with Crippen LogP contribution in [-0.2, 0) is 17.6 Å². The fourth-order valence-corrected chi connectivity index (χ4v) is 2.08. The highest BCUT2D eigenvalue weighted by Gasteiger charge is 2.18. The van der Waals surface area contributed by atoms with Crippen LogP contribution in [0.4, 0.5) is 0 Å².